The highest BCUT2D eigenvalue weighted by Crippen LogP contribution is 2.19. The third-order valence-electron chi connectivity index (χ3n) is 1.93. The van der Waals surface area contributed by atoms with Gasteiger partial charge in [0.05, 0.1) is 12.2 Å². The summed E-state index contributed by atoms with van der Waals surface area (Å²) in [6, 6.07) is 0. The summed E-state index contributed by atoms with van der Waals surface area (Å²) in [6.07, 6.45) is 0.264. The van der Waals surface area contributed by atoms with E-state index < -0.39 is 0 Å². The molecule has 0 bridgehead atoms. The highest BCUT2D eigenvalue weighted by atomic mass is 32.1. The molecule has 1 amide bonds. The Hall–Kier alpha value is -1.87. The van der Waals surface area contributed by atoms with Gasteiger partial charge in [-0.2, -0.15) is 4.99 Å². The summed E-state index contributed by atoms with van der Waals surface area (Å²) >= 11 is 6.45. The number of aromatic nitrogens is 1. The molecule has 6 N–H and O–H groups in total. The fourth-order valence-electron chi connectivity index (χ4n) is 1.13. The average Bonchev–Trinajstić information content (AvgIpc) is 2.74. The maximum Gasteiger partial charge on any atom is 0.217 e. The van der Waals surface area contributed by atoms with Crippen LogP contribution >= 0.6 is 23.6 Å². The van der Waals surface area contributed by atoms with E-state index >= 15 is 0 Å². The first kappa shape index (κ1) is 15.2. The molecular weight excluding hydrogens is 284 g/mol. The zero-order valence-corrected chi connectivity index (χ0v) is 11.9. The Kier molecular flexibility index (Phi) is 5.52. The number of thiazole rings is 1. The van der Waals surface area contributed by atoms with Gasteiger partial charge in [-0.3, -0.25) is 4.79 Å². The van der Waals surface area contributed by atoms with E-state index in [1.807, 2.05) is 0 Å². The smallest absolute Gasteiger partial charge is 0.217 e. The normalized spacial score (nSPS) is 9.74. The van der Waals surface area contributed by atoms with Crippen LogP contribution in [0.3, 0.4) is 0 Å². The lowest BCUT2D eigenvalue weighted by Crippen LogP contribution is -2.27. The van der Waals surface area contributed by atoms with Gasteiger partial charge in [0.1, 0.15) is 0 Å². The van der Waals surface area contributed by atoms with Gasteiger partial charge < -0.3 is 22.2 Å². The monoisotopic (exact) mass is 298 g/mol. The Morgan fingerprint density at radius 1 is 1.63 bits per heavy atom. The van der Waals surface area contributed by atoms with Crippen LogP contribution in [-0.2, 0) is 4.79 Å². The molecule has 19 heavy (non-hydrogen) atoms. The molecular formula is C10H14N6OS2. The van der Waals surface area contributed by atoms with Gasteiger partial charge in [0, 0.05) is 29.3 Å². The van der Waals surface area contributed by atoms with Crippen LogP contribution in [0.15, 0.2) is 10.4 Å². The van der Waals surface area contributed by atoms with Gasteiger partial charge in [0.2, 0.25) is 11.0 Å². The number of aliphatic imine (C=N–C) groups is 1. The third kappa shape index (κ3) is 5.53. The van der Waals surface area contributed by atoms with Crippen molar-refractivity contribution in [2.75, 3.05) is 6.54 Å². The molecule has 7 nitrogen and oxygen atoms in total. The molecule has 0 aliphatic heterocycles. The Morgan fingerprint density at radius 2 is 2.32 bits per heavy atom. The first-order valence-electron chi connectivity index (χ1n) is 5.27. The Morgan fingerprint density at radius 3 is 2.89 bits per heavy atom. The Balaban J connectivity index is 2.58. The Labute approximate surface area is 119 Å². The average molecular weight is 298 g/mol. The molecule has 9 heteroatoms. The fraction of sp³-hybridized carbons (Fsp3) is 0.300. The third-order valence-corrected chi connectivity index (χ3v) is 3.02. The number of nitrogens with two attached hydrogens (primary N) is 2. The van der Waals surface area contributed by atoms with E-state index in [2.05, 4.69) is 15.3 Å². The van der Waals surface area contributed by atoms with Crippen LogP contribution in [-0.4, -0.2) is 34.0 Å². The van der Waals surface area contributed by atoms with Crippen molar-refractivity contribution in [1.82, 2.24) is 10.3 Å². The minimum absolute atomic E-state index is 0.0646. The zero-order valence-electron chi connectivity index (χ0n) is 10.3. The van der Waals surface area contributed by atoms with E-state index in [1.165, 1.54) is 18.3 Å². The molecule has 0 radical (unpaired) electrons. The summed E-state index contributed by atoms with van der Waals surface area (Å²) in [6.45, 7) is 1.58. The van der Waals surface area contributed by atoms with Crippen LogP contribution in [0.2, 0.25) is 0 Å². The van der Waals surface area contributed by atoms with Crippen molar-refractivity contribution < 1.29 is 4.79 Å². The first-order valence-corrected chi connectivity index (χ1v) is 6.56. The predicted molar refractivity (Wildman–Crippen MR) is 80.3 cm³/mol. The van der Waals surface area contributed by atoms with E-state index in [-0.39, 0.29) is 24.8 Å². The molecule has 0 aliphatic rings. The van der Waals surface area contributed by atoms with Crippen LogP contribution < -0.4 is 16.8 Å². The number of amides is 1. The van der Waals surface area contributed by atoms with Gasteiger partial charge in [-0.25, -0.2) is 4.98 Å². The minimum Gasteiger partial charge on any atom is -0.370 e. The molecule has 102 valence electrons. The first-order chi connectivity index (χ1) is 8.88. The SMILES string of the molecule is CC(=O)NCC(=N)CC(=S)c1csc(N=C(N)N)n1. The Bertz CT molecular complexity index is 532. The van der Waals surface area contributed by atoms with Crippen molar-refractivity contribution >= 4 is 51.1 Å². The van der Waals surface area contributed by atoms with Crippen LogP contribution in [0.5, 0.6) is 0 Å². The molecule has 0 saturated heterocycles. The second-order valence-corrected chi connectivity index (χ2v) is 4.99. The van der Waals surface area contributed by atoms with Crippen molar-refractivity contribution in [2.45, 2.75) is 13.3 Å². The summed E-state index contributed by atoms with van der Waals surface area (Å²) in [4.78, 5) is 19.2. The molecule has 0 aliphatic carbocycles. The number of nitrogens with zero attached hydrogens (tertiary/aromatic N) is 2. The molecule has 0 saturated carbocycles. The van der Waals surface area contributed by atoms with Gasteiger partial charge >= 0.3 is 0 Å². The van der Waals surface area contributed by atoms with Gasteiger partial charge in [0.25, 0.3) is 0 Å². The summed E-state index contributed by atoms with van der Waals surface area (Å²) < 4.78 is 0. The van der Waals surface area contributed by atoms with E-state index in [9.17, 15) is 4.79 Å². The number of carbonyl (C=O) groups excluding carboxylic acids is 1. The minimum atomic E-state index is -0.181. The number of guanidine groups is 1. The predicted octanol–water partition coefficient (Wildman–Crippen LogP) is 0.312. The van der Waals surface area contributed by atoms with Gasteiger partial charge in [-0.1, -0.05) is 12.2 Å². The summed E-state index contributed by atoms with van der Waals surface area (Å²) in [5.74, 6) is -0.246. The number of thiocarbonyl (C=S) groups is 1. The van der Waals surface area contributed by atoms with E-state index in [0.717, 1.165) is 0 Å². The highest BCUT2D eigenvalue weighted by Gasteiger charge is 2.10. The molecule has 0 spiro atoms. The molecule has 1 aromatic heterocycles. The molecule has 1 heterocycles. The number of nitrogens with one attached hydrogen (secondary N) is 2. The lowest BCUT2D eigenvalue weighted by atomic mass is 10.2. The molecule has 0 atom stereocenters. The molecule has 0 aromatic carbocycles. The van der Waals surface area contributed by atoms with Crippen LogP contribution in [0.25, 0.3) is 0 Å². The second kappa shape index (κ2) is 6.90. The van der Waals surface area contributed by atoms with Crippen LogP contribution in [0.1, 0.15) is 19.0 Å². The van der Waals surface area contributed by atoms with E-state index in [1.54, 1.807) is 5.38 Å². The summed E-state index contributed by atoms with van der Waals surface area (Å²) in [5, 5.41) is 12.4. The number of hydrogen-bond donors (Lipinski definition) is 4. The van der Waals surface area contributed by atoms with Crippen molar-refractivity contribution in [1.29, 1.82) is 5.41 Å². The summed E-state index contributed by atoms with van der Waals surface area (Å²) in [5.41, 5.74) is 11.4. The molecule has 1 rings (SSSR count). The standard InChI is InChI=1S/C10H14N6OS2/c1-5(17)14-3-6(11)2-8(18)7-4-19-10(15-7)16-9(12)13/h4,11H,2-3H2,1H3,(H,14,17)(H4,12,13,15,16). The van der Waals surface area contributed by atoms with Crippen molar-refractivity contribution in [3.63, 3.8) is 0 Å². The van der Waals surface area contributed by atoms with Crippen LogP contribution in [0, 0.1) is 5.41 Å². The molecule has 0 unspecified atom stereocenters. The largest absolute Gasteiger partial charge is 0.370 e. The second-order valence-electron chi connectivity index (χ2n) is 3.67. The van der Waals surface area contributed by atoms with Crippen molar-refractivity contribution in [2.24, 2.45) is 16.5 Å². The van der Waals surface area contributed by atoms with Gasteiger partial charge in [-0.15, -0.1) is 11.3 Å². The van der Waals surface area contributed by atoms with E-state index in [4.69, 9.17) is 29.1 Å². The maximum atomic E-state index is 10.7. The number of hydrogen-bond acceptors (Lipinski definition) is 6. The molecule has 0 fully saturated rings. The molecule has 1 aromatic rings. The zero-order chi connectivity index (χ0) is 14.4. The number of carbonyl (C=O) groups is 1. The highest BCUT2D eigenvalue weighted by molar-refractivity contribution is 7.80. The van der Waals surface area contributed by atoms with Crippen molar-refractivity contribution in [3.05, 3.63) is 11.1 Å². The quantitative estimate of drug-likeness (QED) is 0.260. The topological polar surface area (TPSA) is 130 Å². The maximum absolute atomic E-state index is 10.7. The van der Waals surface area contributed by atoms with Gasteiger partial charge in [-0.05, 0) is 0 Å². The number of rotatable bonds is 6. The lowest BCUT2D eigenvalue weighted by molar-refractivity contribution is -0.118. The summed E-state index contributed by atoms with van der Waals surface area (Å²) in [7, 11) is 0. The lowest BCUT2D eigenvalue weighted by Gasteiger charge is -2.04. The van der Waals surface area contributed by atoms with Gasteiger partial charge in [0.15, 0.2) is 5.96 Å². The fourth-order valence-corrected chi connectivity index (χ4v) is 2.21. The van der Waals surface area contributed by atoms with Crippen molar-refractivity contribution in [3.8, 4) is 0 Å². The van der Waals surface area contributed by atoms with E-state index in [0.29, 0.717) is 21.4 Å². The van der Waals surface area contributed by atoms with Crippen LogP contribution in [0.4, 0.5) is 5.13 Å².